The van der Waals surface area contributed by atoms with Crippen molar-refractivity contribution in [2.75, 3.05) is 17.5 Å². The van der Waals surface area contributed by atoms with E-state index in [2.05, 4.69) is 0 Å². The maximum Gasteiger partial charge on any atom is 0.274 e. The summed E-state index contributed by atoms with van der Waals surface area (Å²) >= 11 is -1.64. The number of nitriles is 1. The highest BCUT2D eigenvalue weighted by Gasteiger charge is 2.32. The van der Waals surface area contributed by atoms with Crippen molar-refractivity contribution in [1.29, 1.82) is 5.26 Å². The summed E-state index contributed by atoms with van der Waals surface area (Å²) in [5, 5.41) is 19.8. The molecule has 2 aromatic rings. The number of non-ortho nitro benzene ring substituents is 1. The normalized spacial score (nSPS) is 16.7. The Hall–Kier alpha value is -2.76. The predicted molar refractivity (Wildman–Crippen MR) is 83.5 cm³/mol. The lowest BCUT2D eigenvalue weighted by Gasteiger charge is -2.23. The van der Waals surface area contributed by atoms with Crippen LogP contribution in [0.2, 0.25) is 0 Å². The Labute approximate surface area is 135 Å². The summed E-state index contributed by atoms with van der Waals surface area (Å²) in [7, 11) is 0. The fourth-order valence-corrected chi connectivity index (χ4v) is 3.54. The second-order valence-electron chi connectivity index (χ2n) is 4.75. The average molecular weight is 329 g/mol. The van der Waals surface area contributed by atoms with Crippen LogP contribution in [0.25, 0.3) is 0 Å². The number of anilines is 1. The number of nitro benzene ring substituents is 1. The van der Waals surface area contributed by atoms with Gasteiger partial charge in [0.1, 0.15) is 18.0 Å². The van der Waals surface area contributed by atoms with Crippen LogP contribution in [0, 0.1) is 21.4 Å². The zero-order valence-electron chi connectivity index (χ0n) is 11.8. The first kappa shape index (κ1) is 15.1. The molecule has 1 unspecified atom stereocenters. The number of nitro groups is 1. The molecule has 1 atom stereocenters. The Morgan fingerprint density at radius 2 is 2.00 bits per heavy atom. The van der Waals surface area contributed by atoms with Crippen molar-refractivity contribution in [3.8, 4) is 11.8 Å². The van der Waals surface area contributed by atoms with E-state index in [0.29, 0.717) is 30.2 Å². The summed E-state index contributed by atoms with van der Waals surface area (Å²) in [6.07, 6.45) is 0. The molecule has 1 heterocycles. The van der Waals surface area contributed by atoms with Gasteiger partial charge in [-0.3, -0.25) is 10.1 Å². The third-order valence-corrected chi connectivity index (χ3v) is 4.85. The number of rotatable bonds is 2. The van der Waals surface area contributed by atoms with Crippen molar-refractivity contribution in [2.45, 2.75) is 4.90 Å². The molecule has 1 aliphatic rings. The third kappa shape index (κ3) is 2.92. The molecule has 116 valence electrons. The first-order valence-corrected chi connectivity index (χ1v) is 7.81. The van der Waals surface area contributed by atoms with Crippen LogP contribution in [-0.4, -0.2) is 22.6 Å². The second-order valence-corrected chi connectivity index (χ2v) is 6.13. The molecular formula is C15H11N3O4S. The van der Waals surface area contributed by atoms with Gasteiger partial charge in [0.15, 0.2) is 5.75 Å². The Balaban J connectivity index is 1.99. The maximum atomic E-state index is 12.8. The Kier molecular flexibility index (Phi) is 4.06. The molecule has 0 bridgehead atoms. The highest BCUT2D eigenvalue weighted by atomic mass is 32.2. The van der Waals surface area contributed by atoms with E-state index in [4.69, 9.17) is 10.00 Å². The fraction of sp³-hybridized carbons (Fsp3) is 0.133. The summed E-state index contributed by atoms with van der Waals surface area (Å²) in [4.78, 5) is 10.7. The smallest absolute Gasteiger partial charge is 0.274 e. The van der Waals surface area contributed by atoms with E-state index >= 15 is 0 Å². The molecule has 2 aromatic carbocycles. The maximum absolute atomic E-state index is 12.8. The van der Waals surface area contributed by atoms with Gasteiger partial charge in [-0.2, -0.15) is 9.57 Å². The summed E-state index contributed by atoms with van der Waals surface area (Å²) in [6.45, 7) is 0.664. The van der Waals surface area contributed by atoms with Crippen molar-refractivity contribution in [1.82, 2.24) is 0 Å². The zero-order chi connectivity index (χ0) is 16.4. The van der Waals surface area contributed by atoms with Crippen molar-refractivity contribution in [3.05, 3.63) is 58.1 Å². The highest BCUT2D eigenvalue weighted by Crippen LogP contribution is 2.34. The van der Waals surface area contributed by atoms with Crippen LogP contribution in [-0.2, 0) is 11.4 Å². The van der Waals surface area contributed by atoms with Gasteiger partial charge in [0.05, 0.1) is 34.9 Å². The van der Waals surface area contributed by atoms with Gasteiger partial charge in [0.2, 0.25) is 4.90 Å². The molecule has 0 aliphatic carbocycles. The molecule has 1 aliphatic heterocycles. The van der Waals surface area contributed by atoms with E-state index in [1.165, 1.54) is 18.2 Å². The van der Waals surface area contributed by atoms with Crippen LogP contribution >= 0.6 is 0 Å². The predicted octanol–water partition coefficient (Wildman–Crippen LogP) is 2.39. The fourth-order valence-electron chi connectivity index (χ4n) is 2.23. The van der Waals surface area contributed by atoms with Gasteiger partial charge in [-0.05, 0) is 30.3 Å². The molecule has 0 N–H and O–H groups in total. The Morgan fingerprint density at radius 1 is 1.26 bits per heavy atom. The van der Waals surface area contributed by atoms with E-state index < -0.39 is 16.3 Å². The standard InChI is InChI=1S/C15H11N3O4S/c16-10-11-1-3-12(4-2-11)17-7-8-22-14-6-5-13(18(19)20)9-15(14)23(17)21/h1-6,9H,7-8H2. The molecule has 0 radical (unpaired) electrons. The van der Waals surface area contributed by atoms with E-state index in [9.17, 15) is 14.7 Å². The van der Waals surface area contributed by atoms with E-state index in [1.54, 1.807) is 28.6 Å². The largest absolute Gasteiger partial charge is 0.588 e. The Morgan fingerprint density at radius 3 is 2.65 bits per heavy atom. The molecular weight excluding hydrogens is 318 g/mol. The molecule has 7 nitrogen and oxygen atoms in total. The van der Waals surface area contributed by atoms with E-state index in [0.717, 1.165) is 0 Å². The van der Waals surface area contributed by atoms with Crippen LogP contribution in [0.5, 0.6) is 5.75 Å². The molecule has 23 heavy (non-hydrogen) atoms. The molecule has 3 rings (SSSR count). The molecule has 0 saturated heterocycles. The van der Waals surface area contributed by atoms with E-state index in [1.807, 2.05) is 6.07 Å². The lowest BCUT2D eigenvalue weighted by molar-refractivity contribution is -0.385. The van der Waals surface area contributed by atoms with Gasteiger partial charge in [-0.25, -0.2) is 0 Å². The molecule has 0 spiro atoms. The van der Waals surface area contributed by atoms with Crippen molar-refractivity contribution >= 4 is 22.7 Å². The second kappa shape index (κ2) is 6.16. The average Bonchev–Trinajstić information content (AvgIpc) is 2.74. The van der Waals surface area contributed by atoms with Crippen LogP contribution in [0.15, 0.2) is 47.4 Å². The molecule has 0 aromatic heterocycles. The van der Waals surface area contributed by atoms with Gasteiger partial charge in [-0.1, -0.05) is 0 Å². The monoisotopic (exact) mass is 329 g/mol. The topological polar surface area (TPSA) is 102 Å². The highest BCUT2D eigenvalue weighted by molar-refractivity contribution is 7.93. The van der Waals surface area contributed by atoms with Crippen molar-refractivity contribution in [2.24, 2.45) is 0 Å². The van der Waals surface area contributed by atoms with Crippen molar-refractivity contribution in [3.63, 3.8) is 0 Å². The number of benzene rings is 2. The van der Waals surface area contributed by atoms with Crippen LogP contribution < -0.4 is 9.04 Å². The molecule has 0 saturated carbocycles. The zero-order valence-corrected chi connectivity index (χ0v) is 12.7. The quantitative estimate of drug-likeness (QED) is 0.476. The van der Waals surface area contributed by atoms with Gasteiger partial charge >= 0.3 is 0 Å². The molecule has 0 amide bonds. The minimum atomic E-state index is -1.64. The Bertz CT molecular complexity index is 788. The van der Waals surface area contributed by atoms with Crippen molar-refractivity contribution < 1.29 is 14.2 Å². The van der Waals surface area contributed by atoms with Gasteiger partial charge < -0.3 is 9.29 Å². The summed E-state index contributed by atoms with van der Waals surface area (Å²) < 4.78 is 20.0. The number of hydrogen-bond donors (Lipinski definition) is 0. The number of hydrogen-bond acceptors (Lipinski definition) is 6. The minimum absolute atomic E-state index is 0.137. The first-order valence-electron chi connectivity index (χ1n) is 6.71. The first-order chi connectivity index (χ1) is 11.1. The number of fused-ring (bicyclic) bond motifs is 1. The van der Waals surface area contributed by atoms with Gasteiger partial charge in [0.25, 0.3) is 5.69 Å². The SMILES string of the molecule is N#Cc1ccc(N2CCOc3ccc([N+](=O)[O-])cc3[S+]2[O-])cc1. The lowest BCUT2D eigenvalue weighted by atomic mass is 10.2. The molecule has 0 fully saturated rings. The summed E-state index contributed by atoms with van der Waals surface area (Å²) in [5.41, 5.74) is 1.02. The van der Waals surface area contributed by atoms with Crippen LogP contribution in [0.4, 0.5) is 11.4 Å². The summed E-state index contributed by atoms with van der Waals surface area (Å²) in [5.74, 6) is 0.380. The molecule has 8 heteroatoms. The number of ether oxygens (including phenoxy) is 1. The van der Waals surface area contributed by atoms with Crippen LogP contribution in [0.3, 0.4) is 0 Å². The lowest BCUT2D eigenvalue weighted by Crippen LogP contribution is -2.32. The summed E-state index contributed by atoms with van der Waals surface area (Å²) in [6, 6.07) is 12.7. The minimum Gasteiger partial charge on any atom is -0.588 e. The van der Waals surface area contributed by atoms with Crippen LogP contribution in [0.1, 0.15) is 5.56 Å². The van der Waals surface area contributed by atoms with E-state index in [-0.39, 0.29) is 10.6 Å². The van der Waals surface area contributed by atoms with Gasteiger partial charge in [0, 0.05) is 6.07 Å². The third-order valence-electron chi connectivity index (χ3n) is 3.36. The van der Waals surface area contributed by atoms with Gasteiger partial charge in [-0.15, -0.1) is 0 Å². The number of nitrogens with zero attached hydrogens (tertiary/aromatic N) is 3.